The number of β-amino-alcohol motifs (C(OH)–C–C–N with tert-alkyl or cyclic N) is 1. The lowest BCUT2D eigenvalue weighted by Crippen LogP contribution is -2.57. The quantitative estimate of drug-likeness (QED) is 0.0358. The van der Waals surface area contributed by atoms with Crippen LogP contribution in [-0.2, 0) is 31.0 Å². The molecule has 6 heterocycles. The lowest BCUT2D eigenvalue weighted by molar-refractivity contribution is -0.144. The third kappa shape index (κ3) is 12.8. The number of fused-ring (bicyclic) bond motifs is 1. The maximum Gasteiger partial charge on any atom is 0.284 e. The summed E-state index contributed by atoms with van der Waals surface area (Å²) in [6.07, 6.45) is 16.4. The van der Waals surface area contributed by atoms with Gasteiger partial charge < -0.3 is 30.9 Å². The highest BCUT2D eigenvalue weighted by molar-refractivity contribution is 7.90. The molecule has 432 valence electrons. The Balaban J connectivity index is 0.789. The van der Waals surface area contributed by atoms with Crippen molar-refractivity contribution in [2.24, 2.45) is 28.6 Å². The highest BCUT2D eigenvalue weighted by Gasteiger charge is 2.51. The van der Waals surface area contributed by atoms with E-state index in [1.807, 2.05) is 51.1 Å². The number of pyridine rings is 2. The number of aryl methyl sites for hydroxylation is 1. The first-order chi connectivity index (χ1) is 39.0. The number of carbonyl (C=O) groups excluding carboxylic acids is 4. The van der Waals surface area contributed by atoms with Crippen LogP contribution in [0.3, 0.4) is 0 Å². The number of anilines is 4. The predicted molar refractivity (Wildman–Crippen MR) is 314 cm³/mol. The number of unbranched alkanes of at least 4 members (excludes halogenated alkanes) is 2. The molecule has 5 N–H and O–H groups in total. The molecule has 0 unspecified atom stereocenters. The number of hydrogen-bond donors (Lipinski definition) is 5. The van der Waals surface area contributed by atoms with E-state index >= 15 is 0 Å². The minimum atomic E-state index is -4.22. The minimum Gasteiger partial charge on any atom is -0.391 e. The van der Waals surface area contributed by atoms with E-state index < -0.39 is 69.0 Å². The second-order valence-corrected chi connectivity index (χ2v) is 27.2. The molecule has 20 nitrogen and oxygen atoms in total. The van der Waals surface area contributed by atoms with Crippen LogP contribution in [0.15, 0.2) is 67.0 Å². The van der Waals surface area contributed by atoms with Crippen LogP contribution in [-0.4, -0.2) is 115 Å². The molecule has 4 atom stereocenters. The molecule has 0 radical (unpaired) electrons. The molecule has 1 saturated heterocycles. The summed E-state index contributed by atoms with van der Waals surface area (Å²) in [7, 11) is -2.48. The zero-order chi connectivity index (χ0) is 58.3. The number of nitrogens with one attached hydrogen (secondary N) is 4. The summed E-state index contributed by atoms with van der Waals surface area (Å²) >= 11 is 1.40. The predicted octanol–water partition coefficient (Wildman–Crippen LogP) is 8.06. The molecule has 5 aliphatic rings. The fraction of sp³-hybridized carbons (Fsp3) is 0.500. The van der Waals surface area contributed by atoms with Gasteiger partial charge in [0, 0.05) is 61.6 Å². The number of aliphatic hydroxyl groups excluding tert-OH is 1. The number of rotatable bonds is 20. The Kier molecular flexibility index (Phi) is 16.6. The van der Waals surface area contributed by atoms with E-state index in [9.17, 15) is 32.7 Å². The molecular weight excluding hydrogens is 1080 g/mol. The van der Waals surface area contributed by atoms with Crippen LogP contribution in [0.5, 0.6) is 0 Å². The summed E-state index contributed by atoms with van der Waals surface area (Å²) in [5, 5.41) is 34.2. The van der Waals surface area contributed by atoms with Gasteiger partial charge in [0.05, 0.1) is 24.1 Å². The Morgan fingerprint density at radius 2 is 1.63 bits per heavy atom. The standard InChI is InChI=1S/C60H73N13O7S2/c1-9-38-16-18-42(19-17-38)36(3)63-54(76)47-28-43(74)33-72(47)57(78)52(59(5,6)7)66-50(75)15-11-10-12-23-82(79,80)70-55(77)51-44(45-32-62-73(37(45)4)34-60-29-39-25-40(30-60)27-41(26-39)31-60)20-21-48(65-51)71(8)49-24-35(2)53(69-68-49)67-58-64-46-14-13-22-61-56(46)81-58/h1,13-14,16-22,24,32,36,39-41,43,47,52,74H,10-12,15,23,25-31,33-34H2,2-8H3,(H,63,76)(H,66,75)(H,70,77)(H,64,67,69)/t36-,39?,40?,41?,43+,47-,52+,60?/m0/s1. The van der Waals surface area contributed by atoms with Gasteiger partial charge in [0.2, 0.25) is 27.7 Å². The van der Waals surface area contributed by atoms with Crippen LogP contribution in [0, 0.1) is 54.8 Å². The van der Waals surface area contributed by atoms with Crippen LogP contribution in [0.25, 0.3) is 21.5 Å². The molecule has 5 aromatic heterocycles. The zero-order valence-corrected chi connectivity index (χ0v) is 49.2. The monoisotopic (exact) mass is 1150 g/mol. The Hall–Kier alpha value is -7.35. The highest BCUT2D eigenvalue weighted by Crippen LogP contribution is 2.60. The Morgan fingerprint density at radius 1 is 0.915 bits per heavy atom. The Labute approximate surface area is 483 Å². The van der Waals surface area contributed by atoms with Gasteiger partial charge in [-0.15, -0.1) is 16.6 Å². The van der Waals surface area contributed by atoms with Gasteiger partial charge >= 0.3 is 0 Å². The van der Waals surface area contributed by atoms with Crippen molar-refractivity contribution in [2.45, 2.75) is 143 Å². The number of hydrogen-bond acceptors (Lipinski definition) is 16. The van der Waals surface area contributed by atoms with Gasteiger partial charge in [-0.2, -0.15) is 5.10 Å². The average Bonchev–Trinajstić information content (AvgIpc) is 2.71. The van der Waals surface area contributed by atoms with Gasteiger partial charge in [0.15, 0.2) is 16.8 Å². The number of likely N-dealkylation sites (tertiary alicyclic amines) is 1. The molecule has 11 rings (SSSR count). The number of carbonyl (C=O) groups is 4. The lowest BCUT2D eigenvalue weighted by atomic mass is 9.49. The summed E-state index contributed by atoms with van der Waals surface area (Å²) in [4.78, 5) is 73.5. The zero-order valence-electron chi connectivity index (χ0n) is 47.6. The molecule has 6 aromatic rings. The minimum absolute atomic E-state index is 0.0116. The number of terminal acetylenes is 1. The summed E-state index contributed by atoms with van der Waals surface area (Å²) < 4.78 is 31.9. The largest absolute Gasteiger partial charge is 0.391 e. The molecular formula is C60H73N13O7S2. The van der Waals surface area contributed by atoms with Gasteiger partial charge in [-0.05, 0) is 154 Å². The summed E-state index contributed by atoms with van der Waals surface area (Å²) in [6.45, 7) is 11.8. The highest BCUT2D eigenvalue weighted by atomic mass is 32.2. The van der Waals surface area contributed by atoms with Gasteiger partial charge in [-0.3, -0.25) is 23.9 Å². The molecule has 4 amide bonds. The molecule has 4 saturated carbocycles. The lowest BCUT2D eigenvalue weighted by Gasteiger charge is -2.56. The van der Waals surface area contributed by atoms with E-state index in [0.717, 1.165) is 51.5 Å². The fourth-order valence-electron chi connectivity index (χ4n) is 13.1. The van der Waals surface area contributed by atoms with Crippen molar-refractivity contribution in [1.29, 1.82) is 0 Å². The Bertz CT molecular complexity index is 3480. The number of aromatic nitrogens is 7. The maximum atomic E-state index is 14.5. The van der Waals surface area contributed by atoms with Crippen molar-refractivity contribution in [3.63, 3.8) is 0 Å². The van der Waals surface area contributed by atoms with Gasteiger partial charge in [0.25, 0.3) is 5.91 Å². The summed E-state index contributed by atoms with van der Waals surface area (Å²) in [6, 6.07) is 13.9. The van der Waals surface area contributed by atoms with E-state index in [1.165, 1.54) is 54.8 Å². The smallest absolute Gasteiger partial charge is 0.284 e. The topological polar surface area (TPSA) is 260 Å². The Morgan fingerprint density at radius 3 is 2.30 bits per heavy atom. The third-order valence-electron chi connectivity index (χ3n) is 17.0. The fourth-order valence-corrected chi connectivity index (χ4v) is 15.0. The summed E-state index contributed by atoms with van der Waals surface area (Å²) in [5.74, 6) is 3.47. The maximum absolute atomic E-state index is 14.5. The average molecular weight is 1150 g/mol. The van der Waals surface area contributed by atoms with Crippen LogP contribution < -0.4 is 25.6 Å². The van der Waals surface area contributed by atoms with Crippen molar-refractivity contribution >= 4 is 77.9 Å². The first kappa shape index (κ1) is 57.9. The first-order valence-electron chi connectivity index (χ1n) is 28.3. The van der Waals surface area contributed by atoms with Gasteiger partial charge in [-0.25, -0.2) is 28.1 Å². The molecule has 1 aliphatic heterocycles. The van der Waals surface area contributed by atoms with Crippen LogP contribution >= 0.6 is 11.3 Å². The second-order valence-electron chi connectivity index (χ2n) is 24.4. The van der Waals surface area contributed by atoms with E-state index in [4.69, 9.17) is 16.5 Å². The molecule has 4 bridgehead atoms. The van der Waals surface area contributed by atoms with E-state index in [-0.39, 0.29) is 36.9 Å². The molecule has 1 aromatic carbocycles. The molecule has 4 aliphatic carbocycles. The second kappa shape index (κ2) is 23.5. The SMILES string of the molecule is C#Cc1ccc([C@H](C)NC(=O)[C@@H]2C[C@@H](O)CN2C(=O)[C@@H](NC(=O)CCCCCS(=O)(=O)NC(=O)c2nc(N(C)c3cc(C)c(Nc4nc5cccnc5s4)nn3)ccc2-c2cnn(CC34CC5CC(CC(C5)C3)C4)c2C)C(C)(C)C)cc1. The molecule has 0 spiro atoms. The first-order valence-corrected chi connectivity index (χ1v) is 30.8. The molecule has 82 heavy (non-hydrogen) atoms. The summed E-state index contributed by atoms with van der Waals surface area (Å²) in [5.41, 5.74) is 4.34. The number of sulfonamides is 1. The third-order valence-corrected chi connectivity index (χ3v) is 19.2. The van der Waals surface area contributed by atoms with Crippen LogP contribution in [0.2, 0.25) is 0 Å². The van der Waals surface area contributed by atoms with Crippen molar-refractivity contribution in [3.05, 3.63) is 95.1 Å². The normalized spacial score (nSPS) is 21.9. The van der Waals surface area contributed by atoms with E-state index in [2.05, 4.69) is 51.4 Å². The van der Waals surface area contributed by atoms with Crippen LogP contribution in [0.4, 0.5) is 22.6 Å². The molecule has 22 heteroatoms. The van der Waals surface area contributed by atoms with Crippen molar-refractivity contribution < 1.29 is 32.7 Å². The number of aliphatic hydroxyl groups is 1. The number of nitrogens with zero attached hydrogens (tertiary/aromatic N) is 9. The number of thiazole rings is 1. The van der Waals surface area contributed by atoms with Crippen molar-refractivity contribution in [3.8, 4) is 23.5 Å². The van der Waals surface area contributed by atoms with Gasteiger partial charge in [-0.1, -0.05) is 56.6 Å². The van der Waals surface area contributed by atoms with Gasteiger partial charge in [0.1, 0.15) is 33.9 Å². The van der Waals surface area contributed by atoms with Crippen LogP contribution in [0.1, 0.15) is 137 Å². The van der Waals surface area contributed by atoms with Crippen molar-refractivity contribution in [2.75, 3.05) is 29.6 Å². The van der Waals surface area contributed by atoms with Crippen molar-refractivity contribution in [1.82, 2.24) is 55.2 Å². The number of amides is 4. The van der Waals surface area contributed by atoms with E-state index in [0.29, 0.717) is 52.1 Å². The van der Waals surface area contributed by atoms with E-state index in [1.54, 1.807) is 69.4 Å². The number of benzene rings is 1. The molecule has 5 fully saturated rings.